The summed E-state index contributed by atoms with van der Waals surface area (Å²) < 4.78 is 43.1. The lowest BCUT2D eigenvalue weighted by Gasteiger charge is -2.14. The molecule has 0 aromatic heterocycles. The Balaban J connectivity index is 2.96. The van der Waals surface area contributed by atoms with Crippen molar-refractivity contribution in [1.82, 2.24) is 4.72 Å². The number of carbonyl (C=O) groups excluding carboxylic acids is 1. The van der Waals surface area contributed by atoms with Crippen LogP contribution in [-0.4, -0.2) is 39.3 Å². The Bertz CT molecular complexity index is 669. The Morgan fingerprint density at radius 3 is 2.76 bits per heavy atom. The van der Waals surface area contributed by atoms with E-state index in [9.17, 15) is 17.6 Å². The Hall–Kier alpha value is -2.02. The molecule has 0 aliphatic heterocycles. The second kappa shape index (κ2) is 7.12. The number of carbonyl (C=O) groups is 1. The zero-order chi connectivity index (χ0) is 16.0. The number of nitriles is 1. The largest absolute Gasteiger partial charge is 0.468 e. The predicted molar refractivity (Wildman–Crippen MR) is 69.8 cm³/mol. The molecule has 0 saturated heterocycles. The highest BCUT2D eigenvalue weighted by Crippen LogP contribution is 2.13. The molecule has 0 fully saturated rings. The number of sulfonamides is 1. The van der Waals surface area contributed by atoms with Crippen molar-refractivity contribution in [3.8, 4) is 6.07 Å². The number of nitrogens with one attached hydrogen (secondary N) is 1. The standard InChI is InChI=1S/C12H13FN2O5S/c1-20-12(17)11(6-16)15-21(18,19)7-8-2-3-10(13)4-9(8)5-14/h2-4,11,15-16H,6-7H2,1H3/t11-/m0/s1. The van der Waals surface area contributed by atoms with Crippen molar-refractivity contribution in [2.75, 3.05) is 13.7 Å². The van der Waals surface area contributed by atoms with Gasteiger partial charge >= 0.3 is 5.97 Å². The minimum Gasteiger partial charge on any atom is -0.468 e. The van der Waals surface area contributed by atoms with Crippen molar-refractivity contribution in [1.29, 1.82) is 5.26 Å². The van der Waals surface area contributed by atoms with Gasteiger partial charge in [0, 0.05) is 0 Å². The summed E-state index contributed by atoms with van der Waals surface area (Å²) in [4.78, 5) is 11.2. The predicted octanol–water partition coefficient (Wildman–Crippen LogP) is -0.349. The van der Waals surface area contributed by atoms with Crippen LogP contribution < -0.4 is 4.72 Å². The maximum Gasteiger partial charge on any atom is 0.326 e. The van der Waals surface area contributed by atoms with Crippen LogP contribution in [0.25, 0.3) is 0 Å². The second-order valence-electron chi connectivity index (χ2n) is 4.05. The lowest BCUT2D eigenvalue weighted by molar-refractivity contribution is -0.143. The van der Waals surface area contributed by atoms with Crippen molar-refractivity contribution < 1.29 is 27.4 Å². The van der Waals surface area contributed by atoms with E-state index in [2.05, 4.69) is 4.74 Å². The van der Waals surface area contributed by atoms with Crippen LogP contribution >= 0.6 is 0 Å². The molecule has 0 heterocycles. The molecular formula is C12H13FN2O5S. The first-order valence-electron chi connectivity index (χ1n) is 5.70. The third-order valence-corrected chi connectivity index (χ3v) is 3.86. The van der Waals surface area contributed by atoms with Crippen LogP contribution in [0.1, 0.15) is 11.1 Å². The van der Waals surface area contributed by atoms with Crippen LogP contribution in [0, 0.1) is 17.1 Å². The minimum atomic E-state index is -4.03. The van der Waals surface area contributed by atoms with Gasteiger partial charge in [0.2, 0.25) is 10.0 Å². The van der Waals surface area contributed by atoms with Gasteiger partial charge in [-0.1, -0.05) is 6.07 Å². The van der Waals surface area contributed by atoms with E-state index in [0.29, 0.717) is 0 Å². The smallest absolute Gasteiger partial charge is 0.326 e. The van der Waals surface area contributed by atoms with Gasteiger partial charge in [-0.2, -0.15) is 9.98 Å². The number of hydrogen-bond donors (Lipinski definition) is 2. The summed E-state index contributed by atoms with van der Waals surface area (Å²) in [5.41, 5.74) is -0.0491. The monoisotopic (exact) mass is 316 g/mol. The number of aliphatic hydroxyl groups excluding tert-OH is 1. The Kier molecular flexibility index (Phi) is 5.78. The first-order valence-corrected chi connectivity index (χ1v) is 7.35. The fraction of sp³-hybridized carbons (Fsp3) is 0.333. The lowest BCUT2D eigenvalue weighted by Crippen LogP contribution is -2.44. The van der Waals surface area contributed by atoms with Gasteiger partial charge in [-0.15, -0.1) is 0 Å². The van der Waals surface area contributed by atoms with E-state index in [-0.39, 0.29) is 11.1 Å². The van der Waals surface area contributed by atoms with E-state index < -0.39 is 40.2 Å². The number of hydrogen-bond acceptors (Lipinski definition) is 6. The first kappa shape index (κ1) is 17.0. The van der Waals surface area contributed by atoms with Gasteiger partial charge in [0.15, 0.2) is 0 Å². The van der Waals surface area contributed by atoms with E-state index in [4.69, 9.17) is 10.4 Å². The van der Waals surface area contributed by atoms with Crippen LogP contribution in [-0.2, 0) is 25.3 Å². The van der Waals surface area contributed by atoms with Gasteiger partial charge in [-0.05, 0) is 17.7 Å². The fourth-order valence-electron chi connectivity index (χ4n) is 1.54. The van der Waals surface area contributed by atoms with Crippen LogP contribution in [0.5, 0.6) is 0 Å². The molecule has 2 N–H and O–H groups in total. The summed E-state index contributed by atoms with van der Waals surface area (Å²) in [5.74, 6) is -2.24. The van der Waals surface area contributed by atoms with Crippen LogP contribution in [0.2, 0.25) is 0 Å². The average Bonchev–Trinajstić information content (AvgIpc) is 2.45. The molecular weight excluding hydrogens is 303 g/mol. The molecule has 0 unspecified atom stereocenters. The topological polar surface area (TPSA) is 116 Å². The van der Waals surface area contributed by atoms with Crippen molar-refractivity contribution in [2.45, 2.75) is 11.8 Å². The summed E-state index contributed by atoms with van der Waals surface area (Å²) in [5, 5.41) is 17.8. The zero-order valence-corrected chi connectivity index (χ0v) is 11.9. The van der Waals surface area contributed by atoms with Crippen LogP contribution in [0.3, 0.4) is 0 Å². The maximum atomic E-state index is 13.0. The van der Waals surface area contributed by atoms with Crippen molar-refractivity contribution in [3.63, 3.8) is 0 Å². The third-order valence-electron chi connectivity index (χ3n) is 2.53. The Labute approximate surface area is 121 Å². The number of aliphatic hydroxyl groups is 1. The van der Waals surface area contributed by atoms with E-state index in [1.165, 1.54) is 6.07 Å². The zero-order valence-electron chi connectivity index (χ0n) is 11.0. The van der Waals surface area contributed by atoms with Gasteiger partial charge < -0.3 is 9.84 Å². The summed E-state index contributed by atoms with van der Waals surface area (Å²) in [6, 6.07) is 3.35. The van der Waals surface area contributed by atoms with Gasteiger partial charge in [0.25, 0.3) is 0 Å². The number of rotatable bonds is 6. The van der Waals surface area contributed by atoms with Gasteiger partial charge in [-0.25, -0.2) is 12.8 Å². The van der Waals surface area contributed by atoms with E-state index in [1.54, 1.807) is 6.07 Å². The number of nitrogens with zero attached hydrogens (tertiary/aromatic N) is 1. The number of benzene rings is 1. The number of esters is 1. The van der Waals surface area contributed by atoms with E-state index in [1.807, 2.05) is 4.72 Å². The highest BCUT2D eigenvalue weighted by Gasteiger charge is 2.25. The molecule has 0 saturated carbocycles. The molecule has 0 radical (unpaired) electrons. The van der Waals surface area contributed by atoms with Crippen molar-refractivity contribution in [2.24, 2.45) is 0 Å². The molecule has 1 aromatic rings. The summed E-state index contributed by atoms with van der Waals surface area (Å²) >= 11 is 0. The van der Waals surface area contributed by atoms with Gasteiger partial charge in [0.05, 0.1) is 31.1 Å². The number of methoxy groups -OCH3 is 1. The normalized spacial score (nSPS) is 12.5. The Morgan fingerprint density at radius 2 is 2.24 bits per heavy atom. The molecule has 21 heavy (non-hydrogen) atoms. The molecule has 1 rings (SSSR count). The molecule has 1 atom stereocenters. The summed E-state index contributed by atoms with van der Waals surface area (Å²) in [6.07, 6.45) is 0. The highest BCUT2D eigenvalue weighted by atomic mass is 32.2. The molecule has 0 aliphatic rings. The number of halogens is 1. The van der Waals surface area contributed by atoms with Crippen molar-refractivity contribution >= 4 is 16.0 Å². The van der Waals surface area contributed by atoms with Crippen molar-refractivity contribution in [3.05, 3.63) is 35.1 Å². The quantitative estimate of drug-likeness (QED) is 0.693. The second-order valence-corrected chi connectivity index (χ2v) is 5.80. The fourth-order valence-corrected chi connectivity index (χ4v) is 2.89. The minimum absolute atomic E-state index is 0.0768. The molecule has 7 nitrogen and oxygen atoms in total. The van der Waals surface area contributed by atoms with Crippen LogP contribution in [0.15, 0.2) is 18.2 Å². The molecule has 0 aliphatic carbocycles. The van der Waals surface area contributed by atoms with Crippen LogP contribution in [0.4, 0.5) is 4.39 Å². The average molecular weight is 316 g/mol. The van der Waals surface area contributed by atoms with Gasteiger partial charge in [-0.3, -0.25) is 4.79 Å². The molecule has 1 aromatic carbocycles. The van der Waals surface area contributed by atoms with E-state index in [0.717, 1.165) is 19.2 Å². The number of ether oxygens (including phenoxy) is 1. The Morgan fingerprint density at radius 1 is 1.57 bits per heavy atom. The summed E-state index contributed by atoms with van der Waals surface area (Å²) in [6.45, 7) is -0.777. The molecule has 9 heteroatoms. The van der Waals surface area contributed by atoms with Gasteiger partial charge in [0.1, 0.15) is 11.9 Å². The highest BCUT2D eigenvalue weighted by molar-refractivity contribution is 7.88. The molecule has 0 bridgehead atoms. The molecule has 0 spiro atoms. The maximum absolute atomic E-state index is 13.0. The summed E-state index contributed by atoms with van der Waals surface area (Å²) in [7, 11) is -2.98. The molecule has 114 valence electrons. The molecule has 0 amide bonds. The SMILES string of the molecule is COC(=O)[C@H](CO)NS(=O)(=O)Cc1ccc(F)cc1C#N. The lowest BCUT2D eigenvalue weighted by atomic mass is 10.1. The third kappa shape index (κ3) is 4.78. The first-order chi connectivity index (χ1) is 9.82. The van der Waals surface area contributed by atoms with E-state index >= 15 is 0 Å².